The number of carbonyl (C=O) groups excluding carboxylic acids is 2. The van der Waals surface area contributed by atoms with Gasteiger partial charge in [-0.3, -0.25) is 14.5 Å². The smallest absolute Gasteiger partial charge is 0.261 e. The molecule has 2 N–H and O–H groups in total. The number of quaternary nitrogens is 1. The van der Waals surface area contributed by atoms with Crippen LogP contribution in [-0.2, 0) is 0 Å². The highest BCUT2D eigenvalue weighted by Gasteiger charge is 2.33. The van der Waals surface area contributed by atoms with E-state index in [2.05, 4.69) is 4.90 Å². The van der Waals surface area contributed by atoms with Crippen LogP contribution in [0.5, 0.6) is 0 Å². The number of rotatable bonds is 6. The van der Waals surface area contributed by atoms with Gasteiger partial charge in [0.1, 0.15) is 0 Å². The van der Waals surface area contributed by atoms with Gasteiger partial charge in [-0.15, -0.1) is 0 Å². The van der Waals surface area contributed by atoms with Gasteiger partial charge >= 0.3 is 0 Å². The predicted octanol–water partition coefficient (Wildman–Crippen LogP) is 1.18. The Hall–Kier alpha value is -2.32. The molecule has 0 saturated heterocycles. The summed E-state index contributed by atoms with van der Waals surface area (Å²) in [4.78, 5) is 29.0. The van der Waals surface area contributed by atoms with Crippen LogP contribution in [0.15, 0.2) is 30.3 Å². The van der Waals surface area contributed by atoms with E-state index in [0.717, 1.165) is 13.1 Å². The zero-order chi connectivity index (χ0) is 18.1. The minimum atomic E-state index is -1.09. The van der Waals surface area contributed by atoms with Crippen LogP contribution in [0.25, 0.3) is 10.8 Å². The van der Waals surface area contributed by atoms with Crippen molar-refractivity contribution >= 4 is 28.3 Å². The Balaban J connectivity index is 2.05. The first-order valence-corrected chi connectivity index (χ1v) is 8.36. The monoisotopic (exact) mass is 343 g/mol. The molecule has 0 saturated carbocycles. The number of nitrogens with zero attached hydrogens (tertiary/aromatic N) is 2. The lowest BCUT2D eigenvalue weighted by atomic mass is 9.93. The molecule has 7 heteroatoms. The second-order valence-electron chi connectivity index (χ2n) is 6.02. The molecule has 132 valence electrons. The molecule has 0 bridgehead atoms. The lowest BCUT2D eigenvalue weighted by molar-refractivity contribution is -0.991. The summed E-state index contributed by atoms with van der Waals surface area (Å²) in [7, 11) is 0. The topological polar surface area (TPSA) is 88.3 Å². The third-order valence-corrected chi connectivity index (χ3v) is 4.71. The lowest BCUT2D eigenvalue weighted by Gasteiger charge is -2.29. The third kappa shape index (κ3) is 3.03. The molecule has 0 spiro atoms. The van der Waals surface area contributed by atoms with Gasteiger partial charge in [-0.1, -0.05) is 26.0 Å². The van der Waals surface area contributed by atoms with Crippen molar-refractivity contribution in [2.75, 3.05) is 26.2 Å². The Morgan fingerprint density at radius 2 is 1.80 bits per heavy atom. The number of nitrogens with one attached hydrogen (secondary N) is 1. The molecule has 0 fully saturated rings. The van der Waals surface area contributed by atoms with Gasteiger partial charge in [-0.25, -0.2) is 5.21 Å². The van der Waals surface area contributed by atoms with Crippen molar-refractivity contribution in [3.05, 3.63) is 46.7 Å². The van der Waals surface area contributed by atoms with E-state index >= 15 is 0 Å². The molecule has 0 aliphatic carbocycles. The van der Waals surface area contributed by atoms with Gasteiger partial charge in [-0.2, -0.15) is 5.23 Å². The van der Waals surface area contributed by atoms with E-state index in [9.17, 15) is 20.0 Å². The summed E-state index contributed by atoms with van der Waals surface area (Å²) in [5.41, 5.74) is 0.777. The zero-order valence-electron chi connectivity index (χ0n) is 14.3. The van der Waals surface area contributed by atoms with Gasteiger partial charge in [0, 0.05) is 36.2 Å². The van der Waals surface area contributed by atoms with Crippen LogP contribution < -0.4 is 5.23 Å². The Morgan fingerprint density at radius 1 is 1.12 bits per heavy atom. The van der Waals surface area contributed by atoms with Crippen molar-refractivity contribution in [1.29, 1.82) is 0 Å². The van der Waals surface area contributed by atoms with E-state index in [4.69, 9.17) is 0 Å². The van der Waals surface area contributed by atoms with Crippen LogP contribution in [0.4, 0.5) is 5.69 Å². The summed E-state index contributed by atoms with van der Waals surface area (Å²) in [5, 5.41) is 20.7. The summed E-state index contributed by atoms with van der Waals surface area (Å²) >= 11 is 0. The number of likely N-dealkylation sites (N-methyl/N-ethyl adjacent to an activating group) is 1. The van der Waals surface area contributed by atoms with Crippen molar-refractivity contribution in [2.45, 2.75) is 13.8 Å². The Kier molecular flexibility index (Phi) is 4.82. The average Bonchev–Trinajstić information content (AvgIpc) is 2.62. The van der Waals surface area contributed by atoms with Crippen molar-refractivity contribution < 1.29 is 20.0 Å². The first-order valence-electron chi connectivity index (χ1n) is 8.36. The van der Waals surface area contributed by atoms with E-state index in [1.807, 2.05) is 13.8 Å². The number of imide groups is 1. The highest BCUT2D eigenvalue weighted by molar-refractivity contribution is 6.25. The summed E-state index contributed by atoms with van der Waals surface area (Å²) in [6.07, 6.45) is 0. The van der Waals surface area contributed by atoms with Crippen molar-refractivity contribution in [3.63, 3.8) is 0 Å². The molecule has 1 aliphatic rings. The fourth-order valence-electron chi connectivity index (χ4n) is 3.27. The van der Waals surface area contributed by atoms with E-state index < -0.39 is 11.1 Å². The van der Waals surface area contributed by atoms with Crippen LogP contribution in [0, 0.1) is 5.21 Å². The number of hydrogen-bond donors (Lipinski definition) is 2. The second kappa shape index (κ2) is 6.89. The molecule has 1 heterocycles. The number of benzene rings is 2. The lowest BCUT2D eigenvalue weighted by Crippen LogP contribution is -2.99. The normalized spacial score (nSPS) is 15.3. The molecular formula is C18H21N3O4. The van der Waals surface area contributed by atoms with Crippen LogP contribution in [0.3, 0.4) is 0 Å². The molecule has 1 unspecified atom stereocenters. The van der Waals surface area contributed by atoms with Gasteiger partial charge in [0.25, 0.3) is 11.8 Å². The standard InChI is InChI=1S/C18H21N3O4/c1-3-19(4-2)8-9-20-17(22)14-7-5-6-12-10-13(21(24)25)11-15(16(12)14)18(20)23/h5-7,10-11,21,24H,3-4,8-9H2,1-2H3. The number of carbonyl (C=O) groups is 2. The van der Waals surface area contributed by atoms with Crippen molar-refractivity contribution in [1.82, 2.24) is 9.80 Å². The van der Waals surface area contributed by atoms with E-state index in [-0.39, 0.29) is 23.7 Å². The van der Waals surface area contributed by atoms with Crippen LogP contribution in [-0.4, -0.2) is 53.0 Å². The Labute approximate surface area is 145 Å². The number of amides is 2. The molecule has 2 amide bonds. The molecule has 3 rings (SSSR count). The summed E-state index contributed by atoms with van der Waals surface area (Å²) < 4.78 is 0. The Morgan fingerprint density at radius 3 is 2.44 bits per heavy atom. The maximum absolute atomic E-state index is 12.9. The van der Waals surface area contributed by atoms with E-state index in [1.165, 1.54) is 17.0 Å². The van der Waals surface area contributed by atoms with Crippen LogP contribution in [0.2, 0.25) is 0 Å². The SMILES string of the molecule is CCN(CC)CCN1C(=O)c2cccc3cc([NH+]([O-])O)cc(c23)C1=O. The highest BCUT2D eigenvalue weighted by atomic mass is 16.8. The minimum absolute atomic E-state index is 0.0473. The van der Waals surface area contributed by atoms with Gasteiger partial charge in [-0.05, 0) is 24.5 Å². The first-order chi connectivity index (χ1) is 12.0. The molecule has 1 atom stereocenters. The first kappa shape index (κ1) is 17.5. The van der Waals surface area contributed by atoms with E-state index in [1.54, 1.807) is 18.2 Å². The molecule has 25 heavy (non-hydrogen) atoms. The minimum Gasteiger partial charge on any atom is -0.595 e. The van der Waals surface area contributed by atoms with Gasteiger partial charge in [0.05, 0.1) is 5.56 Å². The molecular weight excluding hydrogens is 322 g/mol. The molecule has 0 radical (unpaired) electrons. The third-order valence-electron chi connectivity index (χ3n) is 4.71. The van der Waals surface area contributed by atoms with Crippen LogP contribution >= 0.6 is 0 Å². The van der Waals surface area contributed by atoms with Crippen molar-refractivity contribution in [2.24, 2.45) is 0 Å². The van der Waals surface area contributed by atoms with Gasteiger partial charge in [0.15, 0.2) is 5.69 Å². The predicted molar refractivity (Wildman–Crippen MR) is 92.9 cm³/mol. The fraction of sp³-hybridized carbons (Fsp3) is 0.333. The summed E-state index contributed by atoms with van der Waals surface area (Å²) in [6, 6.07) is 7.99. The summed E-state index contributed by atoms with van der Waals surface area (Å²) in [6.45, 7) is 6.60. The maximum Gasteiger partial charge on any atom is 0.261 e. The van der Waals surface area contributed by atoms with Crippen LogP contribution in [0.1, 0.15) is 34.6 Å². The molecule has 1 aliphatic heterocycles. The zero-order valence-corrected chi connectivity index (χ0v) is 14.3. The Bertz CT molecular complexity index is 830. The van der Waals surface area contributed by atoms with Crippen molar-refractivity contribution in [3.8, 4) is 0 Å². The highest BCUT2D eigenvalue weighted by Crippen LogP contribution is 2.31. The largest absolute Gasteiger partial charge is 0.595 e. The molecule has 2 aromatic rings. The quantitative estimate of drug-likeness (QED) is 0.607. The number of hydrogen-bond acceptors (Lipinski definition) is 5. The second-order valence-corrected chi connectivity index (χ2v) is 6.02. The average molecular weight is 343 g/mol. The van der Waals surface area contributed by atoms with E-state index in [0.29, 0.717) is 22.9 Å². The van der Waals surface area contributed by atoms with Gasteiger partial charge in [0.2, 0.25) is 0 Å². The maximum atomic E-state index is 12.9. The van der Waals surface area contributed by atoms with Gasteiger partial charge < -0.3 is 10.1 Å². The fourth-order valence-corrected chi connectivity index (χ4v) is 3.27. The molecule has 2 aromatic carbocycles. The molecule has 7 nitrogen and oxygen atoms in total. The summed E-state index contributed by atoms with van der Waals surface area (Å²) in [5.74, 6) is -0.748. The molecule has 0 aromatic heterocycles.